The minimum atomic E-state index is -0.661. The van der Waals surface area contributed by atoms with E-state index in [9.17, 15) is 19.5 Å². The first kappa shape index (κ1) is 24.5. The molecule has 2 rings (SSSR count). The number of aromatic nitrogens is 2. The molecule has 0 fully saturated rings. The van der Waals surface area contributed by atoms with E-state index in [0.29, 0.717) is 18.8 Å². The predicted molar refractivity (Wildman–Crippen MR) is 126 cm³/mol. The van der Waals surface area contributed by atoms with Gasteiger partial charge in [-0.3, -0.25) is 18.7 Å². The highest BCUT2D eigenvalue weighted by atomic mass is 32.2. The maximum absolute atomic E-state index is 12.8. The summed E-state index contributed by atoms with van der Waals surface area (Å²) in [5.74, 6) is -0.471. The number of aliphatic imine (C=N–C) groups is 1. The van der Waals surface area contributed by atoms with Gasteiger partial charge >= 0.3 is 5.69 Å². The van der Waals surface area contributed by atoms with Gasteiger partial charge < -0.3 is 10.0 Å². The smallest absolute Gasteiger partial charge is 0.333 e. The van der Waals surface area contributed by atoms with Crippen LogP contribution in [0.15, 0.2) is 38.8 Å². The van der Waals surface area contributed by atoms with Crippen molar-refractivity contribution >= 4 is 28.4 Å². The number of thioether (sulfide) groups is 1. The predicted octanol–water partition coefficient (Wildman–Crippen LogP) is 2.56. The molecule has 2 aromatic rings. The van der Waals surface area contributed by atoms with Gasteiger partial charge in [0.25, 0.3) is 5.56 Å². The fourth-order valence-corrected chi connectivity index (χ4v) is 4.05. The lowest BCUT2D eigenvalue weighted by molar-refractivity contribution is -0.128. The topological polar surface area (TPSA) is 96.9 Å². The Balaban J connectivity index is 2.53. The first-order valence-electron chi connectivity index (χ1n) is 10.3. The van der Waals surface area contributed by atoms with Gasteiger partial charge in [-0.05, 0) is 37.5 Å². The molecule has 0 atom stereocenters. The quantitative estimate of drug-likeness (QED) is 0.497. The molecule has 168 valence electrons. The number of benzene rings is 1. The molecule has 31 heavy (non-hydrogen) atoms. The SMILES string of the molecule is CCCN(CCC)C(=O)CSC(=Nc1cccc(C)c1)c1c(O)n(C)c(=O)n(C)c1=O. The normalized spacial score (nSPS) is 11.6. The van der Waals surface area contributed by atoms with Crippen LogP contribution in [0.4, 0.5) is 5.69 Å². The molecule has 0 bridgehead atoms. The Hall–Kier alpha value is -2.81. The maximum Gasteiger partial charge on any atom is 0.333 e. The van der Waals surface area contributed by atoms with E-state index in [1.54, 1.807) is 11.0 Å². The number of carbonyl (C=O) groups is 1. The number of aromatic hydroxyl groups is 1. The molecule has 8 nitrogen and oxygen atoms in total. The van der Waals surface area contributed by atoms with E-state index in [1.165, 1.54) is 14.1 Å². The van der Waals surface area contributed by atoms with Crippen LogP contribution in [0, 0.1) is 6.92 Å². The Kier molecular flexibility index (Phi) is 8.67. The number of nitrogens with zero attached hydrogens (tertiary/aromatic N) is 4. The van der Waals surface area contributed by atoms with E-state index < -0.39 is 17.1 Å². The van der Waals surface area contributed by atoms with Gasteiger partial charge in [0.05, 0.1) is 11.4 Å². The largest absolute Gasteiger partial charge is 0.494 e. The average Bonchev–Trinajstić information content (AvgIpc) is 2.74. The van der Waals surface area contributed by atoms with Gasteiger partial charge in [-0.25, -0.2) is 9.79 Å². The van der Waals surface area contributed by atoms with Crippen molar-refractivity contribution in [3.05, 3.63) is 56.2 Å². The van der Waals surface area contributed by atoms with E-state index in [-0.39, 0.29) is 22.3 Å². The number of rotatable bonds is 8. The van der Waals surface area contributed by atoms with Gasteiger partial charge in [-0.1, -0.05) is 37.7 Å². The Labute approximate surface area is 186 Å². The Bertz CT molecular complexity index is 1080. The maximum atomic E-state index is 12.8. The molecule has 9 heteroatoms. The highest BCUT2D eigenvalue weighted by Crippen LogP contribution is 2.24. The molecule has 0 saturated heterocycles. The van der Waals surface area contributed by atoms with E-state index in [4.69, 9.17) is 0 Å². The van der Waals surface area contributed by atoms with Crippen LogP contribution in [0.5, 0.6) is 5.88 Å². The standard InChI is InChI=1S/C22H30N4O4S/c1-6-11-26(12-7-2)17(27)14-31-19(23-16-10-8-9-15(3)13-16)18-20(28)24(4)22(30)25(5)21(18)29/h8-10,13,28H,6-7,11-12,14H2,1-5H3. The minimum Gasteiger partial charge on any atom is -0.494 e. The third-order valence-electron chi connectivity index (χ3n) is 4.75. The zero-order valence-electron chi connectivity index (χ0n) is 18.7. The van der Waals surface area contributed by atoms with Crippen LogP contribution in [0.2, 0.25) is 0 Å². The van der Waals surface area contributed by atoms with Crippen LogP contribution in [-0.2, 0) is 18.9 Å². The van der Waals surface area contributed by atoms with Gasteiger partial charge in [0, 0.05) is 27.2 Å². The molecule has 0 unspecified atom stereocenters. The monoisotopic (exact) mass is 446 g/mol. The first-order valence-corrected chi connectivity index (χ1v) is 11.2. The molecule has 0 spiro atoms. The second kappa shape index (κ2) is 11.0. The van der Waals surface area contributed by atoms with Crippen molar-refractivity contribution in [2.24, 2.45) is 19.1 Å². The van der Waals surface area contributed by atoms with Crippen molar-refractivity contribution in [3.63, 3.8) is 0 Å². The molecule has 1 N–H and O–H groups in total. The number of hydrogen-bond acceptors (Lipinski definition) is 6. The van der Waals surface area contributed by atoms with Crippen molar-refractivity contribution in [1.82, 2.24) is 14.0 Å². The molecular weight excluding hydrogens is 416 g/mol. The third-order valence-corrected chi connectivity index (χ3v) is 5.71. The van der Waals surface area contributed by atoms with Crippen molar-refractivity contribution in [1.29, 1.82) is 0 Å². The van der Waals surface area contributed by atoms with Crippen molar-refractivity contribution in [2.75, 3.05) is 18.8 Å². The van der Waals surface area contributed by atoms with E-state index in [2.05, 4.69) is 4.99 Å². The average molecular weight is 447 g/mol. The molecule has 0 radical (unpaired) electrons. The molecule has 0 aliphatic heterocycles. The summed E-state index contributed by atoms with van der Waals surface area (Å²) < 4.78 is 1.91. The summed E-state index contributed by atoms with van der Waals surface area (Å²) in [7, 11) is 2.73. The van der Waals surface area contributed by atoms with Gasteiger partial charge in [0.15, 0.2) is 0 Å². The fraction of sp³-hybridized carbons (Fsp3) is 0.455. The highest BCUT2D eigenvalue weighted by Gasteiger charge is 2.23. The fourth-order valence-electron chi connectivity index (χ4n) is 3.12. The van der Waals surface area contributed by atoms with Crippen LogP contribution < -0.4 is 11.2 Å². The Morgan fingerprint density at radius 3 is 2.35 bits per heavy atom. The molecule has 1 amide bonds. The molecule has 0 saturated carbocycles. The van der Waals surface area contributed by atoms with Crippen LogP contribution in [0.25, 0.3) is 0 Å². The Morgan fingerprint density at radius 1 is 1.13 bits per heavy atom. The number of amides is 1. The molecular formula is C22H30N4O4S. The van der Waals surface area contributed by atoms with Crippen LogP contribution in [0.3, 0.4) is 0 Å². The molecule has 1 aromatic heterocycles. The molecule has 1 aromatic carbocycles. The second-order valence-electron chi connectivity index (χ2n) is 7.33. The van der Waals surface area contributed by atoms with Gasteiger partial charge in [-0.15, -0.1) is 0 Å². The highest BCUT2D eigenvalue weighted by molar-refractivity contribution is 8.15. The van der Waals surface area contributed by atoms with Gasteiger partial charge in [0.2, 0.25) is 11.8 Å². The summed E-state index contributed by atoms with van der Waals surface area (Å²) in [6, 6.07) is 7.38. The van der Waals surface area contributed by atoms with Gasteiger partial charge in [-0.2, -0.15) is 0 Å². The summed E-state index contributed by atoms with van der Waals surface area (Å²) in [5, 5.41) is 10.8. The lowest BCUT2D eigenvalue weighted by Gasteiger charge is -2.21. The summed E-state index contributed by atoms with van der Waals surface area (Å²) >= 11 is 1.09. The summed E-state index contributed by atoms with van der Waals surface area (Å²) in [6.45, 7) is 7.26. The molecule has 0 aliphatic rings. The lowest BCUT2D eigenvalue weighted by atomic mass is 10.2. The second-order valence-corrected chi connectivity index (χ2v) is 8.29. The number of carbonyl (C=O) groups excluding carboxylic acids is 1. The first-order chi connectivity index (χ1) is 14.7. The van der Waals surface area contributed by atoms with Crippen molar-refractivity contribution in [3.8, 4) is 5.88 Å². The zero-order valence-corrected chi connectivity index (χ0v) is 19.5. The van der Waals surface area contributed by atoms with Gasteiger partial charge in [0.1, 0.15) is 10.6 Å². The zero-order chi connectivity index (χ0) is 23.1. The van der Waals surface area contributed by atoms with Crippen LogP contribution in [-0.4, -0.2) is 48.9 Å². The van der Waals surface area contributed by atoms with E-state index in [1.807, 2.05) is 39.0 Å². The van der Waals surface area contributed by atoms with E-state index in [0.717, 1.165) is 39.3 Å². The molecule has 1 heterocycles. The third kappa shape index (κ3) is 5.88. The minimum absolute atomic E-state index is 0.0632. The van der Waals surface area contributed by atoms with Crippen LogP contribution >= 0.6 is 11.8 Å². The summed E-state index contributed by atoms with van der Waals surface area (Å²) in [5.41, 5.74) is 0.173. The van der Waals surface area contributed by atoms with E-state index >= 15 is 0 Å². The Morgan fingerprint density at radius 2 is 1.77 bits per heavy atom. The number of hydrogen-bond donors (Lipinski definition) is 1. The lowest BCUT2D eigenvalue weighted by Crippen LogP contribution is -2.40. The summed E-state index contributed by atoms with van der Waals surface area (Å²) in [4.78, 5) is 44.1. The molecule has 0 aliphatic carbocycles. The van der Waals surface area contributed by atoms with Crippen molar-refractivity contribution < 1.29 is 9.90 Å². The van der Waals surface area contributed by atoms with Crippen molar-refractivity contribution in [2.45, 2.75) is 33.6 Å². The van der Waals surface area contributed by atoms with Crippen LogP contribution in [0.1, 0.15) is 37.8 Å². The summed E-state index contributed by atoms with van der Waals surface area (Å²) in [6.07, 6.45) is 1.70. The number of aryl methyl sites for hydroxylation is 1.